The SMILES string of the molecule is COc1cccc(NC(=O)C(=O)N/N=C/c2cn(-c3ccccc3)nc2-c2cccc(C)c2)c1. The summed E-state index contributed by atoms with van der Waals surface area (Å²) in [5.74, 6) is -1.17. The van der Waals surface area contributed by atoms with Crippen LogP contribution in [0.4, 0.5) is 5.69 Å². The van der Waals surface area contributed by atoms with Crippen molar-refractivity contribution in [3.05, 3.63) is 96.2 Å². The van der Waals surface area contributed by atoms with Crippen LogP contribution in [0.2, 0.25) is 0 Å². The molecule has 4 aromatic rings. The topological polar surface area (TPSA) is 97.6 Å². The molecule has 0 radical (unpaired) electrons. The average molecular weight is 454 g/mol. The molecule has 2 N–H and O–H groups in total. The minimum absolute atomic E-state index is 0.439. The highest BCUT2D eigenvalue weighted by molar-refractivity contribution is 6.39. The van der Waals surface area contributed by atoms with Crippen LogP contribution in [0, 0.1) is 6.92 Å². The maximum absolute atomic E-state index is 12.2. The van der Waals surface area contributed by atoms with Gasteiger partial charge >= 0.3 is 11.8 Å². The molecule has 0 spiro atoms. The number of carbonyl (C=O) groups excluding carboxylic acids is 2. The summed E-state index contributed by atoms with van der Waals surface area (Å²) in [6.07, 6.45) is 3.29. The summed E-state index contributed by atoms with van der Waals surface area (Å²) in [6, 6.07) is 24.3. The number of amides is 2. The highest BCUT2D eigenvalue weighted by Gasteiger charge is 2.14. The van der Waals surface area contributed by atoms with E-state index in [0.29, 0.717) is 22.7 Å². The van der Waals surface area contributed by atoms with Gasteiger partial charge in [-0.05, 0) is 37.3 Å². The lowest BCUT2D eigenvalue weighted by Crippen LogP contribution is -2.32. The van der Waals surface area contributed by atoms with Gasteiger partial charge in [-0.3, -0.25) is 9.59 Å². The highest BCUT2D eigenvalue weighted by Crippen LogP contribution is 2.23. The fraction of sp³-hybridized carbons (Fsp3) is 0.0769. The summed E-state index contributed by atoms with van der Waals surface area (Å²) in [6.45, 7) is 2.01. The van der Waals surface area contributed by atoms with Crippen LogP contribution < -0.4 is 15.5 Å². The minimum atomic E-state index is -0.897. The molecular formula is C26H23N5O3. The standard InChI is InChI=1S/C26H23N5O3/c1-18-8-6-9-19(14-18)24-20(17-31(30-24)22-11-4-3-5-12-22)16-27-29-26(33)25(32)28-21-10-7-13-23(15-21)34-2/h3-17H,1-2H3,(H,28,32)(H,29,33)/b27-16+. The number of aromatic nitrogens is 2. The van der Waals surface area contributed by atoms with E-state index in [-0.39, 0.29) is 0 Å². The van der Waals surface area contributed by atoms with Crippen molar-refractivity contribution in [2.24, 2.45) is 5.10 Å². The molecule has 0 aliphatic heterocycles. The molecule has 34 heavy (non-hydrogen) atoms. The molecule has 1 heterocycles. The first-order valence-electron chi connectivity index (χ1n) is 10.5. The summed E-state index contributed by atoms with van der Waals surface area (Å²) in [4.78, 5) is 24.4. The number of para-hydroxylation sites is 1. The van der Waals surface area contributed by atoms with E-state index in [1.165, 1.54) is 13.3 Å². The Morgan fingerprint density at radius 1 is 0.971 bits per heavy atom. The third-order valence-corrected chi connectivity index (χ3v) is 4.96. The molecular weight excluding hydrogens is 430 g/mol. The first-order chi connectivity index (χ1) is 16.5. The van der Waals surface area contributed by atoms with Gasteiger partial charge in [0.2, 0.25) is 0 Å². The van der Waals surface area contributed by atoms with Gasteiger partial charge < -0.3 is 10.1 Å². The molecule has 0 saturated heterocycles. The number of ether oxygens (including phenoxy) is 1. The Morgan fingerprint density at radius 3 is 2.53 bits per heavy atom. The summed E-state index contributed by atoms with van der Waals surface area (Å²) < 4.78 is 6.86. The minimum Gasteiger partial charge on any atom is -0.497 e. The van der Waals surface area contributed by atoms with E-state index >= 15 is 0 Å². The fourth-order valence-electron chi connectivity index (χ4n) is 3.31. The average Bonchev–Trinajstić information content (AvgIpc) is 3.29. The van der Waals surface area contributed by atoms with Gasteiger partial charge in [-0.2, -0.15) is 10.2 Å². The molecule has 2 amide bonds. The largest absolute Gasteiger partial charge is 0.497 e. The maximum Gasteiger partial charge on any atom is 0.329 e. The van der Waals surface area contributed by atoms with Crippen LogP contribution in [0.25, 0.3) is 16.9 Å². The van der Waals surface area contributed by atoms with Crippen molar-refractivity contribution in [2.75, 3.05) is 12.4 Å². The number of aryl methyl sites for hydroxylation is 1. The van der Waals surface area contributed by atoms with Gasteiger partial charge in [0.15, 0.2) is 0 Å². The van der Waals surface area contributed by atoms with Gasteiger partial charge in [-0.25, -0.2) is 10.1 Å². The molecule has 0 aliphatic rings. The second-order valence-electron chi connectivity index (χ2n) is 7.47. The molecule has 0 unspecified atom stereocenters. The Balaban J connectivity index is 1.52. The maximum atomic E-state index is 12.2. The summed E-state index contributed by atoms with van der Waals surface area (Å²) >= 11 is 0. The van der Waals surface area contributed by atoms with Crippen molar-refractivity contribution in [1.82, 2.24) is 15.2 Å². The molecule has 0 bridgehead atoms. The van der Waals surface area contributed by atoms with Crippen molar-refractivity contribution in [1.29, 1.82) is 0 Å². The van der Waals surface area contributed by atoms with Gasteiger partial charge in [-0.1, -0.05) is 48.0 Å². The number of rotatable bonds is 6. The Morgan fingerprint density at radius 2 is 1.76 bits per heavy atom. The number of nitrogens with one attached hydrogen (secondary N) is 2. The first-order valence-corrected chi connectivity index (χ1v) is 10.5. The number of methoxy groups -OCH3 is 1. The zero-order valence-electron chi connectivity index (χ0n) is 18.7. The normalized spacial score (nSPS) is 10.8. The van der Waals surface area contributed by atoms with Gasteiger partial charge in [0, 0.05) is 29.1 Å². The zero-order valence-corrected chi connectivity index (χ0v) is 18.7. The van der Waals surface area contributed by atoms with Gasteiger partial charge in [0.05, 0.1) is 19.0 Å². The van der Waals surface area contributed by atoms with Gasteiger partial charge in [0.1, 0.15) is 11.4 Å². The van der Waals surface area contributed by atoms with E-state index in [2.05, 4.69) is 15.8 Å². The molecule has 0 atom stereocenters. The van der Waals surface area contributed by atoms with Crippen LogP contribution in [0.3, 0.4) is 0 Å². The first kappa shape index (κ1) is 22.5. The third kappa shape index (κ3) is 5.36. The van der Waals surface area contributed by atoms with Gasteiger partial charge in [-0.15, -0.1) is 0 Å². The van der Waals surface area contributed by atoms with E-state index in [1.54, 1.807) is 28.9 Å². The molecule has 0 saturated carbocycles. The number of carbonyl (C=O) groups is 2. The van der Waals surface area contributed by atoms with Crippen LogP contribution in [0.5, 0.6) is 5.75 Å². The van der Waals surface area contributed by atoms with Crippen LogP contribution in [-0.2, 0) is 9.59 Å². The smallest absolute Gasteiger partial charge is 0.329 e. The monoisotopic (exact) mass is 453 g/mol. The molecule has 8 heteroatoms. The third-order valence-electron chi connectivity index (χ3n) is 4.96. The fourth-order valence-corrected chi connectivity index (χ4v) is 3.31. The quantitative estimate of drug-likeness (QED) is 0.262. The van der Waals surface area contributed by atoms with Gasteiger partial charge in [0.25, 0.3) is 0 Å². The molecule has 4 rings (SSSR count). The predicted octanol–water partition coefficient (Wildman–Crippen LogP) is 3.95. The van der Waals surface area contributed by atoms with Crippen LogP contribution in [0.15, 0.2) is 90.2 Å². The number of nitrogens with zero attached hydrogens (tertiary/aromatic N) is 3. The van der Waals surface area contributed by atoms with Crippen LogP contribution in [-0.4, -0.2) is 34.9 Å². The lowest BCUT2D eigenvalue weighted by Gasteiger charge is -2.05. The molecule has 1 aromatic heterocycles. The lowest BCUT2D eigenvalue weighted by molar-refractivity contribution is -0.136. The molecule has 8 nitrogen and oxygen atoms in total. The number of anilines is 1. The van der Waals surface area contributed by atoms with E-state index in [9.17, 15) is 9.59 Å². The highest BCUT2D eigenvalue weighted by atomic mass is 16.5. The van der Waals surface area contributed by atoms with Crippen LogP contribution in [0.1, 0.15) is 11.1 Å². The number of hydrazone groups is 1. The van der Waals surface area contributed by atoms with Crippen molar-refractivity contribution in [3.63, 3.8) is 0 Å². The van der Waals surface area contributed by atoms with E-state index in [1.807, 2.05) is 67.7 Å². The van der Waals surface area contributed by atoms with E-state index < -0.39 is 11.8 Å². The number of benzene rings is 3. The Kier molecular flexibility index (Phi) is 6.78. The summed E-state index contributed by atoms with van der Waals surface area (Å²) in [7, 11) is 1.52. The molecule has 3 aromatic carbocycles. The second-order valence-corrected chi connectivity index (χ2v) is 7.47. The van der Waals surface area contributed by atoms with E-state index in [0.717, 1.165) is 16.8 Å². The Hall–Kier alpha value is -4.72. The second kappa shape index (κ2) is 10.3. The Labute approximate surface area is 196 Å². The lowest BCUT2D eigenvalue weighted by atomic mass is 10.1. The van der Waals surface area contributed by atoms with Crippen molar-refractivity contribution >= 4 is 23.7 Å². The number of hydrogen-bond acceptors (Lipinski definition) is 5. The van der Waals surface area contributed by atoms with Crippen LogP contribution >= 0.6 is 0 Å². The predicted molar refractivity (Wildman–Crippen MR) is 131 cm³/mol. The Bertz CT molecular complexity index is 1350. The summed E-state index contributed by atoms with van der Waals surface area (Å²) in [5, 5.41) is 11.2. The van der Waals surface area contributed by atoms with Crippen molar-refractivity contribution < 1.29 is 14.3 Å². The van der Waals surface area contributed by atoms with Crippen molar-refractivity contribution in [2.45, 2.75) is 6.92 Å². The molecule has 170 valence electrons. The summed E-state index contributed by atoms with van der Waals surface area (Å²) in [5.41, 5.74) is 6.99. The zero-order chi connectivity index (χ0) is 23.9. The number of hydrogen-bond donors (Lipinski definition) is 2. The van der Waals surface area contributed by atoms with Crippen molar-refractivity contribution in [3.8, 4) is 22.7 Å². The molecule has 0 aliphatic carbocycles. The van der Waals surface area contributed by atoms with E-state index in [4.69, 9.17) is 9.84 Å². The molecule has 0 fully saturated rings.